The highest BCUT2D eigenvalue weighted by Crippen LogP contribution is 2.16. The standard InChI is InChI=1S/C20H33FN4/c1-3-22-20(24-16-18-9-11-19(21)12-10-18)23-13-5-7-15-25-14-6-4-8-17(25)2/h9-12,17H,3-8,13-16H2,1-2H3,(H2,22,23,24). The third kappa shape index (κ3) is 7.43. The topological polar surface area (TPSA) is 39.7 Å². The molecule has 2 N–H and O–H groups in total. The Kier molecular flexibility index (Phi) is 8.73. The summed E-state index contributed by atoms with van der Waals surface area (Å²) >= 11 is 0. The summed E-state index contributed by atoms with van der Waals surface area (Å²) in [6.45, 7) is 9.19. The highest BCUT2D eigenvalue weighted by molar-refractivity contribution is 5.79. The highest BCUT2D eigenvalue weighted by atomic mass is 19.1. The largest absolute Gasteiger partial charge is 0.357 e. The third-order valence-corrected chi connectivity index (χ3v) is 4.78. The minimum atomic E-state index is -0.208. The number of nitrogens with one attached hydrogen (secondary N) is 2. The van der Waals surface area contributed by atoms with Crippen molar-refractivity contribution in [1.82, 2.24) is 15.5 Å². The summed E-state index contributed by atoms with van der Waals surface area (Å²) in [6.07, 6.45) is 6.44. The summed E-state index contributed by atoms with van der Waals surface area (Å²) in [5.74, 6) is 0.624. The first kappa shape index (κ1) is 19.7. The lowest BCUT2D eigenvalue weighted by atomic mass is 10.0. The number of benzene rings is 1. The summed E-state index contributed by atoms with van der Waals surface area (Å²) in [7, 11) is 0. The smallest absolute Gasteiger partial charge is 0.191 e. The van der Waals surface area contributed by atoms with E-state index in [2.05, 4.69) is 34.4 Å². The molecule has 5 heteroatoms. The van der Waals surface area contributed by atoms with Crippen LogP contribution in [0.3, 0.4) is 0 Å². The average molecular weight is 349 g/mol. The lowest BCUT2D eigenvalue weighted by Crippen LogP contribution is -2.39. The van der Waals surface area contributed by atoms with E-state index < -0.39 is 0 Å². The number of guanidine groups is 1. The van der Waals surface area contributed by atoms with E-state index in [1.807, 2.05) is 0 Å². The molecule has 0 saturated carbocycles. The van der Waals surface area contributed by atoms with Crippen molar-refractivity contribution >= 4 is 5.96 Å². The normalized spacial score (nSPS) is 19.0. The Morgan fingerprint density at radius 1 is 1.20 bits per heavy atom. The van der Waals surface area contributed by atoms with Gasteiger partial charge in [-0.25, -0.2) is 9.38 Å². The van der Waals surface area contributed by atoms with Gasteiger partial charge in [-0.3, -0.25) is 0 Å². The Labute approximate surface area is 151 Å². The molecule has 1 aromatic rings. The van der Waals surface area contributed by atoms with E-state index in [0.29, 0.717) is 6.54 Å². The van der Waals surface area contributed by atoms with Crippen LogP contribution in [0.5, 0.6) is 0 Å². The fraction of sp³-hybridized carbons (Fsp3) is 0.650. The molecule has 1 fully saturated rings. The van der Waals surface area contributed by atoms with E-state index in [9.17, 15) is 4.39 Å². The van der Waals surface area contributed by atoms with E-state index in [-0.39, 0.29) is 5.82 Å². The molecule has 1 saturated heterocycles. The third-order valence-electron chi connectivity index (χ3n) is 4.78. The fourth-order valence-electron chi connectivity index (χ4n) is 3.24. The number of unbranched alkanes of at least 4 members (excludes halogenated alkanes) is 1. The van der Waals surface area contributed by atoms with Crippen molar-refractivity contribution < 1.29 is 4.39 Å². The van der Waals surface area contributed by atoms with Gasteiger partial charge in [0.1, 0.15) is 5.82 Å². The molecule has 1 aliphatic heterocycles. The number of hydrogen-bond acceptors (Lipinski definition) is 2. The quantitative estimate of drug-likeness (QED) is 0.429. The number of nitrogens with zero attached hydrogens (tertiary/aromatic N) is 2. The van der Waals surface area contributed by atoms with Crippen molar-refractivity contribution in [1.29, 1.82) is 0 Å². The number of halogens is 1. The van der Waals surface area contributed by atoms with Crippen LogP contribution in [0, 0.1) is 5.82 Å². The number of aliphatic imine (C=N–C) groups is 1. The van der Waals surface area contributed by atoms with Crippen LogP contribution in [-0.4, -0.2) is 43.1 Å². The summed E-state index contributed by atoms with van der Waals surface area (Å²) < 4.78 is 12.9. The highest BCUT2D eigenvalue weighted by Gasteiger charge is 2.16. The predicted octanol–water partition coefficient (Wildman–Crippen LogP) is 3.54. The maximum absolute atomic E-state index is 12.9. The molecule has 0 aromatic heterocycles. The van der Waals surface area contributed by atoms with E-state index in [0.717, 1.165) is 37.1 Å². The van der Waals surface area contributed by atoms with Gasteiger partial charge in [0.2, 0.25) is 0 Å². The van der Waals surface area contributed by atoms with Crippen molar-refractivity contribution in [3.63, 3.8) is 0 Å². The van der Waals surface area contributed by atoms with Crippen LogP contribution < -0.4 is 10.6 Å². The predicted molar refractivity (Wildman–Crippen MR) is 103 cm³/mol. The van der Waals surface area contributed by atoms with Gasteiger partial charge in [0.05, 0.1) is 6.54 Å². The zero-order valence-electron chi connectivity index (χ0n) is 15.7. The zero-order chi connectivity index (χ0) is 17.9. The fourth-order valence-corrected chi connectivity index (χ4v) is 3.24. The Bertz CT molecular complexity index is 515. The molecule has 0 bridgehead atoms. The number of rotatable bonds is 8. The molecule has 1 heterocycles. The second-order valence-electron chi connectivity index (χ2n) is 6.84. The van der Waals surface area contributed by atoms with Gasteiger partial charge in [0.15, 0.2) is 5.96 Å². The van der Waals surface area contributed by atoms with Crippen molar-refractivity contribution in [3.05, 3.63) is 35.6 Å². The molecular formula is C20H33FN4. The summed E-state index contributed by atoms with van der Waals surface area (Å²) in [4.78, 5) is 7.20. The lowest BCUT2D eigenvalue weighted by Gasteiger charge is -2.33. The van der Waals surface area contributed by atoms with Crippen molar-refractivity contribution in [3.8, 4) is 0 Å². The SMILES string of the molecule is CCNC(=NCc1ccc(F)cc1)NCCCCN1CCCCC1C. The Hall–Kier alpha value is -1.62. The first-order valence-corrected chi connectivity index (χ1v) is 9.69. The molecule has 25 heavy (non-hydrogen) atoms. The molecule has 1 aromatic carbocycles. The minimum absolute atomic E-state index is 0.208. The average Bonchev–Trinajstić information content (AvgIpc) is 2.62. The Morgan fingerprint density at radius 3 is 2.72 bits per heavy atom. The van der Waals surface area contributed by atoms with Crippen LogP contribution in [0.1, 0.15) is 51.5 Å². The zero-order valence-corrected chi connectivity index (χ0v) is 15.7. The van der Waals surface area contributed by atoms with Gasteiger partial charge < -0.3 is 15.5 Å². The van der Waals surface area contributed by atoms with Crippen LogP contribution in [0.15, 0.2) is 29.3 Å². The van der Waals surface area contributed by atoms with Gasteiger partial charge in [-0.15, -0.1) is 0 Å². The van der Waals surface area contributed by atoms with Gasteiger partial charge in [-0.1, -0.05) is 18.6 Å². The second kappa shape index (κ2) is 11.1. The summed E-state index contributed by atoms with van der Waals surface area (Å²) in [5.41, 5.74) is 1.01. The number of hydrogen-bond donors (Lipinski definition) is 2. The van der Waals surface area contributed by atoms with Crippen LogP contribution in [-0.2, 0) is 6.54 Å². The molecule has 0 radical (unpaired) electrons. The minimum Gasteiger partial charge on any atom is -0.357 e. The van der Waals surface area contributed by atoms with Crippen LogP contribution in [0.4, 0.5) is 4.39 Å². The molecule has 4 nitrogen and oxygen atoms in total. The molecule has 2 rings (SSSR count). The summed E-state index contributed by atoms with van der Waals surface area (Å²) in [6, 6.07) is 7.26. The second-order valence-corrected chi connectivity index (χ2v) is 6.84. The monoisotopic (exact) mass is 348 g/mol. The van der Waals surface area contributed by atoms with E-state index in [4.69, 9.17) is 0 Å². The van der Waals surface area contributed by atoms with Crippen molar-refractivity contribution in [2.75, 3.05) is 26.2 Å². The molecule has 0 spiro atoms. The molecule has 1 aliphatic rings. The first-order chi connectivity index (χ1) is 12.2. The maximum Gasteiger partial charge on any atom is 0.191 e. The molecule has 0 aliphatic carbocycles. The van der Waals surface area contributed by atoms with Crippen molar-refractivity contribution in [2.24, 2.45) is 4.99 Å². The van der Waals surface area contributed by atoms with Gasteiger partial charge in [-0.2, -0.15) is 0 Å². The maximum atomic E-state index is 12.9. The van der Waals surface area contributed by atoms with E-state index in [1.165, 1.54) is 50.9 Å². The number of piperidine rings is 1. The van der Waals surface area contributed by atoms with Crippen LogP contribution >= 0.6 is 0 Å². The Morgan fingerprint density at radius 2 is 2.00 bits per heavy atom. The number of likely N-dealkylation sites (tertiary alicyclic amines) is 1. The van der Waals surface area contributed by atoms with Gasteiger partial charge in [-0.05, 0) is 70.3 Å². The van der Waals surface area contributed by atoms with E-state index >= 15 is 0 Å². The van der Waals surface area contributed by atoms with Crippen molar-refractivity contribution in [2.45, 2.75) is 58.5 Å². The first-order valence-electron chi connectivity index (χ1n) is 9.69. The van der Waals surface area contributed by atoms with Crippen LogP contribution in [0.2, 0.25) is 0 Å². The molecule has 1 atom stereocenters. The molecule has 1 unspecified atom stereocenters. The van der Waals surface area contributed by atoms with E-state index in [1.54, 1.807) is 12.1 Å². The molecule has 0 amide bonds. The van der Waals surface area contributed by atoms with Gasteiger partial charge in [0, 0.05) is 19.1 Å². The molecule has 140 valence electrons. The van der Waals surface area contributed by atoms with Gasteiger partial charge >= 0.3 is 0 Å². The van der Waals surface area contributed by atoms with Gasteiger partial charge in [0.25, 0.3) is 0 Å². The molecular weight excluding hydrogens is 315 g/mol. The Balaban J connectivity index is 1.68. The lowest BCUT2D eigenvalue weighted by molar-refractivity contribution is 0.158. The van der Waals surface area contributed by atoms with Crippen LogP contribution in [0.25, 0.3) is 0 Å². The summed E-state index contributed by atoms with van der Waals surface area (Å²) in [5, 5.41) is 6.66.